The highest BCUT2D eigenvalue weighted by molar-refractivity contribution is 7.89. The molecule has 0 unspecified atom stereocenters. The van der Waals surface area contributed by atoms with Gasteiger partial charge in [0.1, 0.15) is 0 Å². The number of hydrogen-bond acceptors (Lipinski definition) is 5. The molecule has 3 rings (SSSR count). The van der Waals surface area contributed by atoms with E-state index in [0.29, 0.717) is 44.2 Å². The number of rotatable bonds is 6. The monoisotopic (exact) mass is 407 g/mol. The lowest BCUT2D eigenvalue weighted by atomic mass is 10.2. The molecule has 1 aliphatic heterocycles. The summed E-state index contributed by atoms with van der Waals surface area (Å²) in [5.41, 5.74) is 1.82. The first-order valence-corrected chi connectivity index (χ1v) is 11.3. The van der Waals surface area contributed by atoms with Gasteiger partial charge < -0.3 is 5.32 Å². The fraction of sp³-hybridized carbons (Fsp3) is 0.421. The fourth-order valence-corrected chi connectivity index (χ4v) is 5.49. The van der Waals surface area contributed by atoms with E-state index in [4.69, 9.17) is 0 Å². The fourth-order valence-electron chi connectivity index (χ4n) is 3.21. The summed E-state index contributed by atoms with van der Waals surface area (Å²) in [5, 5.41) is 4.89. The van der Waals surface area contributed by atoms with E-state index in [9.17, 15) is 13.2 Å². The summed E-state index contributed by atoms with van der Waals surface area (Å²) in [5.74, 6) is -0.0333. The van der Waals surface area contributed by atoms with Gasteiger partial charge in [-0.2, -0.15) is 4.31 Å². The van der Waals surface area contributed by atoms with Crippen LogP contribution in [0.3, 0.4) is 0 Å². The number of amides is 1. The van der Waals surface area contributed by atoms with Gasteiger partial charge in [-0.05, 0) is 36.9 Å². The molecule has 1 amide bonds. The van der Waals surface area contributed by atoms with E-state index in [1.54, 1.807) is 17.4 Å². The summed E-state index contributed by atoms with van der Waals surface area (Å²) in [6.45, 7) is 6.51. The first kappa shape index (κ1) is 20.0. The number of aryl methyl sites for hydroxylation is 2. The van der Waals surface area contributed by atoms with Crippen molar-refractivity contribution in [3.8, 4) is 0 Å². The van der Waals surface area contributed by atoms with Gasteiger partial charge >= 0.3 is 0 Å². The second-order valence-corrected chi connectivity index (χ2v) is 9.74. The van der Waals surface area contributed by atoms with Gasteiger partial charge in [0, 0.05) is 31.1 Å². The summed E-state index contributed by atoms with van der Waals surface area (Å²) in [6, 6.07) is 9.35. The van der Waals surface area contributed by atoms with E-state index in [1.807, 2.05) is 48.4 Å². The van der Waals surface area contributed by atoms with Crippen LogP contribution in [-0.2, 0) is 21.4 Å². The maximum absolute atomic E-state index is 12.9. The van der Waals surface area contributed by atoms with Gasteiger partial charge in [-0.3, -0.25) is 9.69 Å². The topological polar surface area (TPSA) is 69.7 Å². The Morgan fingerprint density at radius 2 is 1.89 bits per heavy atom. The molecule has 2 aromatic rings. The molecule has 8 heteroatoms. The molecule has 0 aliphatic carbocycles. The van der Waals surface area contributed by atoms with Gasteiger partial charge in [0.15, 0.2) is 0 Å². The van der Waals surface area contributed by atoms with Crippen LogP contribution in [0, 0.1) is 13.8 Å². The van der Waals surface area contributed by atoms with Crippen molar-refractivity contribution < 1.29 is 13.2 Å². The molecule has 1 aromatic heterocycles. The molecule has 146 valence electrons. The minimum atomic E-state index is -3.49. The van der Waals surface area contributed by atoms with Crippen molar-refractivity contribution in [2.24, 2.45) is 0 Å². The largest absolute Gasteiger partial charge is 0.350 e. The van der Waals surface area contributed by atoms with Gasteiger partial charge in [-0.15, -0.1) is 11.3 Å². The second kappa shape index (κ2) is 8.52. The molecular formula is C19H25N3O3S2. The van der Waals surface area contributed by atoms with Crippen LogP contribution in [0.4, 0.5) is 0 Å². The minimum Gasteiger partial charge on any atom is -0.350 e. The van der Waals surface area contributed by atoms with Crippen LogP contribution in [0.25, 0.3) is 0 Å². The number of sulfonamides is 1. The Hall–Kier alpha value is -1.74. The molecule has 1 fully saturated rings. The Bertz CT molecular complexity index is 887. The van der Waals surface area contributed by atoms with Crippen LogP contribution in [-0.4, -0.2) is 56.3 Å². The minimum absolute atomic E-state index is 0.0333. The molecular weight excluding hydrogens is 382 g/mol. The van der Waals surface area contributed by atoms with Crippen LogP contribution in [0.15, 0.2) is 40.6 Å². The number of nitrogens with one attached hydrogen (secondary N) is 1. The molecule has 6 nitrogen and oxygen atoms in total. The third-order valence-corrected chi connectivity index (χ3v) is 7.62. The number of benzene rings is 1. The first-order chi connectivity index (χ1) is 12.9. The van der Waals surface area contributed by atoms with Crippen LogP contribution >= 0.6 is 11.3 Å². The SMILES string of the molecule is Cc1ccc(S(=O)(=O)N2CCN(CC(=O)NCc3cccs3)CC2)c(C)c1. The highest BCUT2D eigenvalue weighted by Crippen LogP contribution is 2.22. The van der Waals surface area contributed by atoms with Crippen molar-refractivity contribution in [1.82, 2.24) is 14.5 Å². The number of carbonyl (C=O) groups is 1. The summed E-state index contributed by atoms with van der Waals surface area (Å²) in [6.07, 6.45) is 0. The zero-order valence-electron chi connectivity index (χ0n) is 15.6. The summed E-state index contributed by atoms with van der Waals surface area (Å²) in [4.78, 5) is 15.6. The lowest BCUT2D eigenvalue weighted by molar-refractivity contribution is -0.122. The zero-order chi connectivity index (χ0) is 19.4. The molecule has 2 heterocycles. The van der Waals surface area contributed by atoms with Crippen LogP contribution < -0.4 is 5.32 Å². The lowest BCUT2D eigenvalue weighted by Crippen LogP contribution is -2.51. The van der Waals surface area contributed by atoms with Crippen LogP contribution in [0.5, 0.6) is 0 Å². The normalized spacial score (nSPS) is 16.4. The van der Waals surface area contributed by atoms with E-state index in [2.05, 4.69) is 5.32 Å². The predicted molar refractivity (Wildman–Crippen MR) is 107 cm³/mol. The van der Waals surface area contributed by atoms with E-state index in [0.717, 1.165) is 16.0 Å². The Morgan fingerprint density at radius 1 is 1.15 bits per heavy atom. The van der Waals surface area contributed by atoms with Gasteiger partial charge in [-0.1, -0.05) is 23.8 Å². The molecule has 0 spiro atoms. The Balaban J connectivity index is 1.52. The third-order valence-electron chi connectivity index (χ3n) is 4.69. The summed E-state index contributed by atoms with van der Waals surface area (Å²) >= 11 is 1.61. The molecule has 0 saturated carbocycles. The Kier molecular flexibility index (Phi) is 6.31. The molecule has 0 radical (unpaired) electrons. The quantitative estimate of drug-likeness (QED) is 0.795. The van der Waals surface area contributed by atoms with Gasteiger partial charge in [0.25, 0.3) is 0 Å². The first-order valence-electron chi connectivity index (χ1n) is 8.95. The van der Waals surface area contributed by atoms with Gasteiger partial charge in [-0.25, -0.2) is 8.42 Å². The summed E-state index contributed by atoms with van der Waals surface area (Å²) in [7, 11) is -3.49. The van der Waals surface area contributed by atoms with Crippen LogP contribution in [0.1, 0.15) is 16.0 Å². The molecule has 27 heavy (non-hydrogen) atoms. The average Bonchev–Trinajstić information content (AvgIpc) is 3.14. The molecule has 1 aromatic carbocycles. The van der Waals surface area contributed by atoms with E-state index in [-0.39, 0.29) is 5.91 Å². The highest BCUT2D eigenvalue weighted by Gasteiger charge is 2.30. The number of piperazine rings is 1. The molecule has 0 bridgehead atoms. The number of hydrogen-bond donors (Lipinski definition) is 1. The predicted octanol–water partition coefficient (Wildman–Crippen LogP) is 1.99. The number of nitrogens with zero attached hydrogens (tertiary/aromatic N) is 2. The standard InChI is InChI=1S/C19H25N3O3S2/c1-15-5-6-18(16(2)12-15)27(24,25)22-9-7-21(8-10-22)14-19(23)20-13-17-4-3-11-26-17/h3-6,11-12H,7-10,13-14H2,1-2H3,(H,20,23). The summed E-state index contributed by atoms with van der Waals surface area (Å²) < 4.78 is 27.3. The number of carbonyl (C=O) groups excluding carboxylic acids is 1. The van der Waals surface area contributed by atoms with E-state index >= 15 is 0 Å². The second-order valence-electron chi connectivity index (χ2n) is 6.81. The Morgan fingerprint density at radius 3 is 2.52 bits per heavy atom. The maximum atomic E-state index is 12.9. The zero-order valence-corrected chi connectivity index (χ0v) is 17.3. The lowest BCUT2D eigenvalue weighted by Gasteiger charge is -2.33. The van der Waals surface area contributed by atoms with Crippen molar-refractivity contribution in [3.63, 3.8) is 0 Å². The van der Waals surface area contributed by atoms with Crippen molar-refractivity contribution >= 4 is 27.3 Å². The average molecular weight is 408 g/mol. The van der Waals surface area contributed by atoms with Crippen molar-refractivity contribution in [3.05, 3.63) is 51.7 Å². The van der Waals surface area contributed by atoms with Crippen molar-refractivity contribution in [2.75, 3.05) is 32.7 Å². The smallest absolute Gasteiger partial charge is 0.243 e. The maximum Gasteiger partial charge on any atom is 0.243 e. The molecule has 1 N–H and O–H groups in total. The highest BCUT2D eigenvalue weighted by atomic mass is 32.2. The van der Waals surface area contributed by atoms with Crippen molar-refractivity contribution in [2.45, 2.75) is 25.3 Å². The van der Waals surface area contributed by atoms with Crippen LogP contribution in [0.2, 0.25) is 0 Å². The van der Waals surface area contributed by atoms with Gasteiger partial charge in [0.2, 0.25) is 15.9 Å². The van der Waals surface area contributed by atoms with Gasteiger partial charge in [0.05, 0.1) is 18.0 Å². The van der Waals surface area contributed by atoms with E-state index in [1.165, 1.54) is 4.31 Å². The number of thiophene rings is 1. The molecule has 1 aliphatic rings. The third kappa shape index (κ3) is 4.95. The Labute approximate surface area is 164 Å². The van der Waals surface area contributed by atoms with E-state index < -0.39 is 10.0 Å². The molecule has 1 saturated heterocycles. The molecule has 0 atom stereocenters. The van der Waals surface area contributed by atoms with Crippen molar-refractivity contribution in [1.29, 1.82) is 0 Å².